The van der Waals surface area contributed by atoms with Crippen molar-refractivity contribution in [1.29, 1.82) is 0 Å². The Kier molecular flexibility index (Phi) is 7.93. The Morgan fingerprint density at radius 2 is 1.71 bits per heavy atom. The first-order chi connectivity index (χ1) is 13.6. The highest BCUT2D eigenvalue weighted by atomic mass is 19.2. The molecule has 156 valence electrons. The average Bonchev–Trinajstić information content (AvgIpc) is 2.74. The molecule has 1 fully saturated rings. The molecule has 1 atom stereocenters. The van der Waals surface area contributed by atoms with Crippen molar-refractivity contribution in [1.82, 2.24) is 0 Å². The van der Waals surface area contributed by atoms with Gasteiger partial charge in [0.15, 0.2) is 11.6 Å². The Labute approximate surface area is 169 Å². The third kappa shape index (κ3) is 5.15. The SMILES string of the molecule is CCCCCOc1ccc(C2=CCC(C3CCC(CC)CC3)CC2)c(F)c1F. The van der Waals surface area contributed by atoms with Gasteiger partial charge in [0.1, 0.15) is 0 Å². The van der Waals surface area contributed by atoms with Crippen molar-refractivity contribution in [3.05, 3.63) is 35.4 Å². The van der Waals surface area contributed by atoms with E-state index >= 15 is 0 Å². The monoisotopic (exact) mass is 390 g/mol. The van der Waals surface area contributed by atoms with Crippen LogP contribution in [0.2, 0.25) is 0 Å². The van der Waals surface area contributed by atoms with Crippen LogP contribution in [0.15, 0.2) is 18.2 Å². The van der Waals surface area contributed by atoms with Crippen LogP contribution >= 0.6 is 0 Å². The highest BCUT2D eigenvalue weighted by Gasteiger charge is 2.29. The summed E-state index contributed by atoms with van der Waals surface area (Å²) in [7, 11) is 0. The summed E-state index contributed by atoms with van der Waals surface area (Å²) in [5.41, 5.74) is 1.39. The van der Waals surface area contributed by atoms with E-state index < -0.39 is 11.6 Å². The summed E-state index contributed by atoms with van der Waals surface area (Å²) in [6, 6.07) is 3.30. The van der Waals surface area contributed by atoms with Crippen LogP contribution < -0.4 is 4.74 Å². The lowest BCUT2D eigenvalue weighted by molar-refractivity contribution is 0.192. The van der Waals surface area contributed by atoms with Crippen molar-refractivity contribution in [3.8, 4) is 5.75 Å². The molecule has 0 spiro atoms. The lowest BCUT2D eigenvalue weighted by Crippen LogP contribution is -2.23. The van der Waals surface area contributed by atoms with Gasteiger partial charge in [0, 0.05) is 5.56 Å². The first-order valence-electron chi connectivity index (χ1n) is 11.4. The molecule has 0 aliphatic heterocycles. The minimum absolute atomic E-state index is 0.0410. The molecule has 1 nitrogen and oxygen atoms in total. The Morgan fingerprint density at radius 1 is 0.929 bits per heavy atom. The van der Waals surface area contributed by atoms with Gasteiger partial charge in [0.25, 0.3) is 0 Å². The molecule has 0 saturated heterocycles. The van der Waals surface area contributed by atoms with Gasteiger partial charge in [0.2, 0.25) is 5.82 Å². The van der Waals surface area contributed by atoms with Crippen LogP contribution in [0.5, 0.6) is 5.75 Å². The molecule has 28 heavy (non-hydrogen) atoms. The van der Waals surface area contributed by atoms with Gasteiger partial charge in [-0.25, -0.2) is 4.39 Å². The lowest BCUT2D eigenvalue weighted by atomic mass is 9.70. The smallest absolute Gasteiger partial charge is 0.201 e. The van der Waals surface area contributed by atoms with E-state index in [1.807, 2.05) is 0 Å². The minimum Gasteiger partial charge on any atom is -0.490 e. The Hall–Kier alpha value is -1.38. The number of hydrogen-bond donors (Lipinski definition) is 0. The second-order valence-corrected chi connectivity index (χ2v) is 8.75. The zero-order chi connectivity index (χ0) is 19.9. The molecule has 2 aliphatic rings. The average molecular weight is 391 g/mol. The van der Waals surface area contributed by atoms with Crippen LogP contribution in [0.1, 0.15) is 90.0 Å². The highest BCUT2D eigenvalue weighted by molar-refractivity contribution is 5.67. The summed E-state index contributed by atoms with van der Waals surface area (Å²) < 4.78 is 34.5. The maximum atomic E-state index is 14.7. The molecule has 0 N–H and O–H groups in total. The molecule has 0 heterocycles. The molecule has 1 aromatic carbocycles. The standard InChI is InChI=1S/C25H36F2O/c1-3-5-6-17-28-23-16-15-22(24(26)25(23)27)21-13-11-20(12-14-21)19-9-7-18(4-2)8-10-19/h13,15-16,18-20H,3-12,14,17H2,1-2H3. The largest absolute Gasteiger partial charge is 0.490 e. The van der Waals surface area contributed by atoms with Gasteiger partial charge < -0.3 is 4.74 Å². The molecule has 2 aliphatic carbocycles. The van der Waals surface area contributed by atoms with Crippen molar-refractivity contribution in [2.24, 2.45) is 17.8 Å². The highest BCUT2D eigenvalue weighted by Crippen LogP contribution is 2.42. The predicted molar refractivity (Wildman–Crippen MR) is 112 cm³/mol. The van der Waals surface area contributed by atoms with Crippen molar-refractivity contribution in [2.45, 2.75) is 84.5 Å². The van der Waals surface area contributed by atoms with Crippen LogP contribution in [0, 0.1) is 29.4 Å². The number of hydrogen-bond acceptors (Lipinski definition) is 1. The van der Waals surface area contributed by atoms with Gasteiger partial charge in [-0.2, -0.15) is 4.39 Å². The molecule has 1 aromatic rings. The summed E-state index contributed by atoms with van der Waals surface area (Å²) in [5.74, 6) is 0.915. The van der Waals surface area contributed by atoms with E-state index in [1.165, 1.54) is 32.1 Å². The van der Waals surface area contributed by atoms with Crippen LogP contribution in [0.3, 0.4) is 0 Å². The molecule has 3 rings (SSSR count). The van der Waals surface area contributed by atoms with Crippen LogP contribution in [-0.4, -0.2) is 6.61 Å². The number of ether oxygens (including phenoxy) is 1. The molecule has 1 unspecified atom stereocenters. The fraction of sp³-hybridized carbons (Fsp3) is 0.680. The van der Waals surface area contributed by atoms with Gasteiger partial charge in [-0.05, 0) is 74.0 Å². The fourth-order valence-electron chi connectivity index (χ4n) is 5.02. The summed E-state index contributed by atoms with van der Waals surface area (Å²) in [4.78, 5) is 0. The summed E-state index contributed by atoms with van der Waals surface area (Å²) >= 11 is 0. The van der Waals surface area contributed by atoms with Crippen molar-refractivity contribution in [2.75, 3.05) is 6.61 Å². The third-order valence-corrected chi connectivity index (χ3v) is 6.99. The lowest BCUT2D eigenvalue weighted by Gasteiger charge is -2.35. The topological polar surface area (TPSA) is 9.23 Å². The number of rotatable bonds is 8. The first-order valence-corrected chi connectivity index (χ1v) is 11.4. The van der Waals surface area contributed by atoms with E-state index in [-0.39, 0.29) is 5.75 Å². The van der Waals surface area contributed by atoms with Crippen molar-refractivity contribution in [3.63, 3.8) is 0 Å². The normalized spacial score (nSPS) is 25.4. The third-order valence-electron chi connectivity index (χ3n) is 6.99. The van der Waals surface area contributed by atoms with Crippen molar-refractivity contribution < 1.29 is 13.5 Å². The summed E-state index contributed by atoms with van der Waals surface area (Å²) in [5, 5.41) is 0. The van der Waals surface area contributed by atoms with Gasteiger partial charge >= 0.3 is 0 Å². The van der Waals surface area contributed by atoms with Gasteiger partial charge in [-0.15, -0.1) is 0 Å². The Morgan fingerprint density at radius 3 is 2.36 bits per heavy atom. The molecule has 3 heteroatoms. The van der Waals surface area contributed by atoms with E-state index in [9.17, 15) is 8.78 Å². The van der Waals surface area contributed by atoms with E-state index in [0.717, 1.165) is 61.9 Å². The second kappa shape index (κ2) is 10.4. The quantitative estimate of drug-likeness (QED) is 0.409. The van der Waals surface area contributed by atoms with E-state index in [4.69, 9.17) is 4.74 Å². The number of allylic oxidation sites excluding steroid dienone is 2. The Bertz CT molecular complexity index is 659. The van der Waals surface area contributed by atoms with Crippen molar-refractivity contribution >= 4 is 5.57 Å². The molecule has 0 aromatic heterocycles. The summed E-state index contributed by atoms with van der Waals surface area (Å²) in [6.07, 6.45) is 14.9. The van der Waals surface area contributed by atoms with Gasteiger partial charge in [-0.1, -0.05) is 52.0 Å². The molecule has 0 radical (unpaired) electrons. The van der Waals surface area contributed by atoms with Crippen LogP contribution in [0.4, 0.5) is 8.78 Å². The molecular weight excluding hydrogens is 354 g/mol. The molecule has 1 saturated carbocycles. The predicted octanol–water partition coefficient (Wildman–Crippen LogP) is 7.93. The number of benzene rings is 1. The maximum absolute atomic E-state index is 14.7. The van der Waals surface area contributed by atoms with E-state index in [0.29, 0.717) is 12.2 Å². The van der Waals surface area contributed by atoms with Crippen LogP contribution in [0.25, 0.3) is 5.57 Å². The maximum Gasteiger partial charge on any atom is 0.201 e. The minimum atomic E-state index is -0.838. The Balaban J connectivity index is 1.60. The summed E-state index contributed by atoms with van der Waals surface area (Å²) in [6.45, 7) is 4.84. The molecule has 0 bridgehead atoms. The molecular formula is C25H36F2O. The van der Waals surface area contributed by atoms with E-state index in [2.05, 4.69) is 19.9 Å². The number of unbranched alkanes of at least 4 members (excludes halogenated alkanes) is 2. The zero-order valence-corrected chi connectivity index (χ0v) is 17.6. The first kappa shape index (κ1) is 21.3. The molecule has 0 amide bonds. The fourth-order valence-corrected chi connectivity index (χ4v) is 5.02. The van der Waals surface area contributed by atoms with Gasteiger partial charge in [0.05, 0.1) is 6.61 Å². The second-order valence-electron chi connectivity index (χ2n) is 8.75. The number of halogens is 2. The zero-order valence-electron chi connectivity index (χ0n) is 17.6. The van der Waals surface area contributed by atoms with Gasteiger partial charge in [-0.3, -0.25) is 0 Å². The van der Waals surface area contributed by atoms with Crippen LogP contribution in [-0.2, 0) is 0 Å². The van der Waals surface area contributed by atoms with E-state index in [1.54, 1.807) is 12.1 Å².